The van der Waals surface area contributed by atoms with Crippen LogP contribution in [0.25, 0.3) is 0 Å². The van der Waals surface area contributed by atoms with Gasteiger partial charge in [-0.1, -0.05) is 16.8 Å². The number of aromatic nitrogens is 4. The molecule has 0 fully saturated rings. The second-order valence-corrected chi connectivity index (χ2v) is 4.10. The molecule has 2 aromatic rings. The van der Waals surface area contributed by atoms with Gasteiger partial charge < -0.3 is 5.32 Å². The predicted molar refractivity (Wildman–Crippen MR) is 62.9 cm³/mol. The van der Waals surface area contributed by atoms with Gasteiger partial charge in [0.15, 0.2) is 5.82 Å². The lowest BCUT2D eigenvalue weighted by Crippen LogP contribution is -2.00. The lowest BCUT2D eigenvalue weighted by molar-refractivity contribution is 0.514. The highest BCUT2D eigenvalue weighted by Crippen LogP contribution is 2.14. The van der Waals surface area contributed by atoms with Gasteiger partial charge in [0.25, 0.3) is 0 Å². The topological polar surface area (TPSA) is 55.6 Å². The summed E-state index contributed by atoms with van der Waals surface area (Å²) in [6.45, 7) is 4.08. The summed E-state index contributed by atoms with van der Waals surface area (Å²) in [5, 5.41) is 11.6. The van der Waals surface area contributed by atoms with E-state index >= 15 is 0 Å². The molecule has 2 rings (SSSR count). The van der Waals surface area contributed by atoms with Crippen molar-refractivity contribution in [2.75, 3.05) is 5.32 Å². The lowest BCUT2D eigenvalue weighted by Gasteiger charge is -2.02. The Kier molecular flexibility index (Phi) is 3.05. The molecule has 0 spiro atoms. The highest BCUT2D eigenvalue weighted by atomic mass is 35.5. The molecular weight excluding hydrogens is 226 g/mol. The summed E-state index contributed by atoms with van der Waals surface area (Å²) in [6.07, 6.45) is 3.41. The monoisotopic (exact) mass is 237 g/mol. The van der Waals surface area contributed by atoms with Crippen LogP contribution in [0.3, 0.4) is 0 Å². The van der Waals surface area contributed by atoms with Gasteiger partial charge >= 0.3 is 0 Å². The summed E-state index contributed by atoms with van der Waals surface area (Å²) in [7, 11) is 0. The highest BCUT2D eigenvalue weighted by molar-refractivity contribution is 6.30. The van der Waals surface area contributed by atoms with Crippen molar-refractivity contribution in [1.29, 1.82) is 0 Å². The molecule has 0 aliphatic rings. The molecule has 16 heavy (non-hydrogen) atoms. The summed E-state index contributed by atoms with van der Waals surface area (Å²) >= 11 is 5.74. The van der Waals surface area contributed by atoms with E-state index in [1.165, 1.54) is 0 Å². The first-order chi connectivity index (χ1) is 7.65. The maximum absolute atomic E-state index is 5.74. The Labute approximate surface area is 98.5 Å². The van der Waals surface area contributed by atoms with Crippen molar-refractivity contribution in [1.82, 2.24) is 20.0 Å². The fourth-order valence-corrected chi connectivity index (χ4v) is 1.28. The first-order valence-electron chi connectivity index (χ1n) is 4.95. The summed E-state index contributed by atoms with van der Waals surface area (Å²) in [5.41, 5.74) is 0. The van der Waals surface area contributed by atoms with E-state index < -0.39 is 0 Å². The number of hydrogen-bond acceptors (Lipinski definition) is 4. The Hall–Kier alpha value is -1.62. The van der Waals surface area contributed by atoms with Crippen molar-refractivity contribution in [2.24, 2.45) is 0 Å². The third-order valence-corrected chi connectivity index (χ3v) is 2.25. The summed E-state index contributed by atoms with van der Waals surface area (Å²) in [4.78, 5) is 4.11. The smallest absolute Gasteiger partial charge is 0.174 e. The molecule has 0 aliphatic heterocycles. The second-order valence-electron chi connectivity index (χ2n) is 3.66. The Morgan fingerprint density at radius 1 is 1.31 bits per heavy atom. The highest BCUT2D eigenvalue weighted by Gasteiger charge is 2.03. The number of rotatable bonds is 3. The maximum atomic E-state index is 5.74. The van der Waals surface area contributed by atoms with E-state index in [9.17, 15) is 0 Å². The number of hydrogen-bond donors (Lipinski definition) is 1. The van der Waals surface area contributed by atoms with Crippen LogP contribution in [0.5, 0.6) is 0 Å². The van der Waals surface area contributed by atoms with Crippen LogP contribution in [0.1, 0.15) is 19.9 Å². The lowest BCUT2D eigenvalue weighted by atomic mass is 10.4. The minimum Gasteiger partial charge on any atom is -0.322 e. The molecule has 0 aromatic carbocycles. The van der Waals surface area contributed by atoms with E-state index in [2.05, 4.69) is 20.6 Å². The standard InChI is InChI=1S/C10H12ClN5/c1-7(2)16-6-10(14-15-16)13-9-4-3-8(11)5-12-9/h3-7H,1-2H3,(H,12,13). The Morgan fingerprint density at radius 3 is 2.69 bits per heavy atom. The summed E-state index contributed by atoms with van der Waals surface area (Å²) in [6, 6.07) is 3.85. The van der Waals surface area contributed by atoms with Crippen molar-refractivity contribution in [3.8, 4) is 0 Å². The Morgan fingerprint density at radius 2 is 2.12 bits per heavy atom. The third-order valence-electron chi connectivity index (χ3n) is 2.02. The molecule has 6 heteroatoms. The number of nitrogens with zero attached hydrogens (tertiary/aromatic N) is 4. The molecule has 1 N–H and O–H groups in total. The van der Waals surface area contributed by atoms with Gasteiger partial charge in [0, 0.05) is 12.2 Å². The van der Waals surface area contributed by atoms with Crippen LogP contribution in [0, 0.1) is 0 Å². The van der Waals surface area contributed by atoms with Gasteiger partial charge in [-0.15, -0.1) is 5.10 Å². The molecule has 0 atom stereocenters. The van der Waals surface area contributed by atoms with Crippen LogP contribution in [-0.2, 0) is 0 Å². The van der Waals surface area contributed by atoms with Crippen LogP contribution in [-0.4, -0.2) is 20.0 Å². The van der Waals surface area contributed by atoms with Gasteiger partial charge in [-0.05, 0) is 26.0 Å². The van der Waals surface area contributed by atoms with E-state index in [0.29, 0.717) is 22.7 Å². The quantitative estimate of drug-likeness (QED) is 0.892. The van der Waals surface area contributed by atoms with Crippen LogP contribution < -0.4 is 5.32 Å². The summed E-state index contributed by atoms with van der Waals surface area (Å²) in [5.74, 6) is 1.36. The SMILES string of the molecule is CC(C)n1cc(Nc2ccc(Cl)cn2)nn1. The predicted octanol–water partition coefficient (Wildman–Crippen LogP) is 2.65. The second kappa shape index (κ2) is 4.49. The van der Waals surface area contributed by atoms with Gasteiger partial charge in [0.1, 0.15) is 5.82 Å². The normalized spacial score (nSPS) is 10.8. The van der Waals surface area contributed by atoms with Gasteiger partial charge in [-0.3, -0.25) is 0 Å². The average Bonchev–Trinajstić information content (AvgIpc) is 2.70. The van der Waals surface area contributed by atoms with Crippen LogP contribution >= 0.6 is 11.6 Å². The Balaban J connectivity index is 2.11. The molecule has 0 saturated heterocycles. The fraction of sp³-hybridized carbons (Fsp3) is 0.300. The summed E-state index contributed by atoms with van der Waals surface area (Å²) < 4.78 is 1.78. The number of anilines is 2. The first kappa shape index (κ1) is 10.9. The molecular formula is C10H12ClN5. The molecule has 2 heterocycles. The van der Waals surface area contributed by atoms with Crippen LogP contribution in [0.4, 0.5) is 11.6 Å². The van der Waals surface area contributed by atoms with Crippen LogP contribution in [0.15, 0.2) is 24.5 Å². The van der Waals surface area contributed by atoms with Gasteiger partial charge in [-0.25, -0.2) is 9.67 Å². The van der Waals surface area contributed by atoms with Crippen molar-refractivity contribution in [3.63, 3.8) is 0 Å². The number of halogens is 1. The fourth-order valence-electron chi connectivity index (χ4n) is 1.17. The van der Waals surface area contributed by atoms with E-state index in [0.717, 1.165) is 0 Å². The largest absolute Gasteiger partial charge is 0.322 e. The van der Waals surface area contributed by atoms with Crippen LogP contribution in [0.2, 0.25) is 5.02 Å². The number of nitrogens with one attached hydrogen (secondary N) is 1. The molecule has 0 bridgehead atoms. The minimum atomic E-state index is 0.293. The number of pyridine rings is 1. The van der Waals surface area contributed by atoms with Gasteiger partial charge in [-0.2, -0.15) is 0 Å². The van der Waals surface area contributed by atoms with Gasteiger partial charge in [0.05, 0.1) is 11.2 Å². The van der Waals surface area contributed by atoms with E-state index in [1.807, 2.05) is 20.0 Å². The van der Waals surface area contributed by atoms with E-state index in [4.69, 9.17) is 11.6 Å². The average molecular weight is 238 g/mol. The van der Waals surface area contributed by atoms with Crippen molar-refractivity contribution < 1.29 is 0 Å². The zero-order valence-electron chi connectivity index (χ0n) is 9.05. The maximum Gasteiger partial charge on any atom is 0.174 e. The van der Waals surface area contributed by atoms with Crippen molar-refractivity contribution in [2.45, 2.75) is 19.9 Å². The molecule has 84 valence electrons. The molecule has 2 aromatic heterocycles. The van der Waals surface area contributed by atoms with E-state index in [1.54, 1.807) is 23.0 Å². The molecule has 5 nitrogen and oxygen atoms in total. The molecule has 0 unspecified atom stereocenters. The molecule has 0 aliphatic carbocycles. The molecule has 0 saturated carbocycles. The van der Waals surface area contributed by atoms with E-state index in [-0.39, 0.29) is 0 Å². The Bertz CT molecular complexity index is 462. The minimum absolute atomic E-state index is 0.293. The zero-order chi connectivity index (χ0) is 11.5. The molecule has 0 amide bonds. The third kappa shape index (κ3) is 2.49. The van der Waals surface area contributed by atoms with Crippen molar-refractivity contribution >= 4 is 23.2 Å². The first-order valence-corrected chi connectivity index (χ1v) is 5.33. The zero-order valence-corrected chi connectivity index (χ0v) is 9.81. The van der Waals surface area contributed by atoms with Gasteiger partial charge in [0.2, 0.25) is 0 Å². The molecule has 0 radical (unpaired) electrons. The van der Waals surface area contributed by atoms with Crippen molar-refractivity contribution in [3.05, 3.63) is 29.5 Å².